The molecule has 0 spiro atoms. The molecule has 0 amide bonds. The molecular weight excluding hydrogens is 378 g/mol. The first kappa shape index (κ1) is 19.5. The van der Waals surface area contributed by atoms with E-state index in [4.69, 9.17) is 13.9 Å². The van der Waals surface area contributed by atoms with Gasteiger partial charge in [0.15, 0.2) is 22.9 Å². The zero-order valence-corrected chi connectivity index (χ0v) is 17.0. The van der Waals surface area contributed by atoms with Crippen LogP contribution in [0.1, 0.15) is 27.4 Å². The number of hydrogen-bond acceptors (Lipinski definition) is 5. The Morgan fingerprint density at radius 2 is 1.70 bits per heavy atom. The molecule has 0 atom stereocenters. The van der Waals surface area contributed by atoms with Crippen molar-refractivity contribution in [3.63, 3.8) is 0 Å². The Morgan fingerprint density at radius 1 is 0.933 bits per heavy atom. The molecule has 30 heavy (non-hydrogen) atoms. The zero-order chi connectivity index (χ0) is 21.1. The predicted molar refractivity (Wildman–Crippen MR) is 117 cm³/mol. The van der Waals surface area contributed by atoms with Gasteiger partial charge < -0.3 is 13.9 Å². The minimum absolute atomic E-state index is 0.188. The first-order valence-corrected chi connectivity index (χ1v) is 9.50. The summed E-state index contributed by atoms with van der Waals surface area (Å²) in [6.45, 7) is 1.98. The van der Waals surface area contributed by atoms with E-state index in [1.807, 2.05) is 55.5 Å². The van der Waals surface area contributed by atoms with Crippen molar-refractivity contribution in [2.24, 2.45) is 0 Å². The molecule has 0 aliphatic rings. The van der Waals surface area contributed by atoms with E-state index in [1.165, 1.54) is 0 Å². The summed E-state index contributed by atoms with van der Waals surface area (Å²) in [7, 11) is 3.14. The van der Waals surface area contributed by atoms with Crippen molar-refractivity contribution in [2.45, 2.75) is 6.92 Å². The third-order valence-electron chi connectivity index (χ3n) is 4.82. The molecule has 0 bridgehead atoms. The van der Waals surface area contributed by atoms with Crippen molar-refractivity contribution in [1.29, 1.82) is 0 Å². The lowest BCUT2D eigenvalue weighted by molar-refractivity contribution is 0.105. The monoisotopic (exact) mass is 399 g/mol. The van der Waals surface area contributed by atoms with Gasteiger partial charge in [-0.1, -0.05) is 54.1 Å². The molecule has 150 valence electrons. The molecule has 0 N–H and O–H groups in total. The number of Topliss-reactive ketones (excluding diaryl/α,β-unsaturated/α-hetero) is 1. The number of aromatic nitrogens is 1. The maximum absolute atomic E-state index is 13.5. The maximum Gasteiger partial charge on any atom is 0.231 e. The largest absolute Gasteiger partial charge is 0.493 e. The number of methoxy groups -OCH3 is 2. The van der Waals surface area contributed by atoms with Gasteiger partial charge in [-0.3, -0.25) is 4.79 Å². The van der Waals surface area contributed by atoms with E-state index in [-0.39, 0.29) is 11.7 Å². The quantitative estimate of drug-likeness (QED) is 0.313. The van der Waals surface area contributed by atoms with Gasteiger partial charge in [0.25, 0.3) is 0 Å². The first-order chi connectivity index (χ1) is 14.6. The number of hydrogen-bond donors (Lipinski definition) is 0. The fraction of sp³-hybridized carbons (Fsp3) is 0.120. The predicted octanol–water partition coefficient (Wildman–Crippen LogP) is 5.58. The number of carbonyl (C=O) groups is 1. The summed E-state index contributed by atoms with van der Waals surface area (Å²) in [6, 6.07) is 20.3. The van der Waals surface area contributed by atoms with Crippen LogP contribution >= 0.6 is 0 Å². The summed E-state index contributed by atoms with van der Waals surface area (Å²) < 4.78 is 16.9. The molecular formula is C25H21NO4. The lowest BCUT2D eigenvalue weighted by Crippen LogP contribution is -2.04. The van der Waals surface area contributed by atoms with Gasteiger partial charge in [0, 0.05) is 11.1 Å². The minimum Gasteiger partial charge on any atom is -0.493 e. The molecule has 1 aromatic heterocycles. The molecule has 5 heteroatoms. The van der Waals surface area contributed by atoms with Crippen molar-refractivity contribution >= 4 is 28.5 Å². The summed E-state index contributed by atoms with van der Waals surface area (Å²) in [5.41, 5.74) is 3.96. The highest BCUT2D eigenvalue weighted by Gasteiger charge is 2.21. The lowest BCUT2D eigenvalue weighted by atomic mass is 9.99. The van der Waals surface area contributed by atoms with Crippen LogP contribution in [0.15, 0.2) is 71.1 Å². The average Bonchev–Trinajstić information content (AvgIpc) is 3.21. The van der Waals surface area contributed by atoms with Crippen LogP contribution in [0.3, 0.4) is 0 Å². The molecule has 1 heterocycles. The number of rotatable bonds is 6. The van der Waals surface area contributed by atoms with E-state index in [9.17, 15) is 4.79 Å². The van der Waals surface area contributed by atoms with Gasteiger partial charge in [-0.25, -0.2) is 4.98 Å². The van der Waals surface area contributed by atoms with Gasteiger partial charge in [0.2, 0.25) is 5.89 Å². The van der Waals surface area contributed by atoms with Crippen LogP contribution in [0, 0.1) is 6.92 Å². The molecule has 3 aromatic carbocycles. The summed E-state index contributed by atoms with van der Waals surface area (Å²) >= 11 is 0. The Bertz CT molecular complexity index is 1200. The third kappa shape index (κ3) is 3.70. The molecule has 0 radical (unpaired) electrons. The average molecular weight is 399 g/mol. The molecule has 0 fully saturated rings. The molecule has 4 rings (SSSR count). The number of para-hydroxylation sites is 3. The minimum atomic E-state index is -0.188. The van der Waals surface area contributed by atoms with Gasteiger partial charge in [-0.15, -0.1) is 0 Å². The van der Waals surface area contributed by atoms with E-state index in [0.717, 1.165) is 5.56 Å². The second-order valence-corrected chi connectivity index (χ2v) is 6.82. The molecule has 0 aliphatic carbocycles. The smallest absolute Gasteiger partial charge is 0.231 e. The highest BCUT2D eigenvalue weighted by atomic mass is 16.5. The fourth-order valence-corrected chi connectivity index (χ4v) is 3.25. The van der Waals surface area contributed by atoms with Gasteiger partial charge in [0.05, 0.1) is 19.8 Å². The van der Waals surface area contributed by atoms with Crippen LogP contribution in [-0.4, -0.2) is 25.0 Å². The first-order valence-electron chi connectivity index (χ1n) is 9.50. The number of ketones is 1. The lowest BCUT2D eigenvalue weighted by Gasteiger charge is -2.11. The SMILES string of the molecule is COc1cccc(/C=C(\C(=O)c2ccc(C)cc2)c2nc3ccccc3o2)c1OC. The van der Waals surface area contributed by atoms with E-state index in [2.05, 4.69) is 4.98 Å². The van der Waals surface area contributed by atoms with Gasteiger partial charge >= 0.3 is 0 Å². The number of nitrogens with zero attached hydrogens (tertiary/aromatic N) is 1. The van der Waals surface area contributed by atoms with E-state index >= 15 is 0 Å². The van der Waals surface area contributed by atoms with E-state index in [1.54, 1.807) is 38.5 Å². The number of oxazole rings is 1. The fourth-order valence-electron chi connectivity index (χ4n) is 3.25. The normalized spacial score (nSPS) is 11.5. The Labute approximate surface area is 174 Å². The van der Waals surface area contributed by atoms with Crippen LogP contribution in [-0.2, 0) is 0 Å². The van der Waals surface area contributed by atoms with E-state index in [0.29, 0.717) is 39.3 Å². The third-order valence-corrected chi connectivity index (χ3v) is 4.82. The Morgan fingerprint density at radius 3 is 2.40 bits per heavy atom. The number of aryl methyl sites for hydroxylation is 1. The molecule has 0 saturated heterocycles. The van der Waals surface area contributed by atoms with Crippen LogP contribution < -0.4 is 9.47 Å². The number of ether oxygens (including phenoxy) is 2. The summed E-state index contributed by atoms with van der Waals surface area (Å²) in [5, 5.41) is 0. The number of carbonyl (C=O) groups excluding carboxylic acids is 1. The Hall–Kier alpha value is -3.86. The summed E-state index contributed by atoms with van der Waals surface area (Å²) in [6.07, 6.45) is 1.73. The number of benzene rings is 3. The van der Waals surface area contributed by atoms with Crippen molar-refractivity contribution in [3.05, 3.63) is 89.3 Å². The van der Waals surface area contributed by atoms with Crippen molar-refractivity contribution in [3.8, 4) is 11.5 Å². The van der Waals surface area contributed by atoms with Gasteiger partial charge in [-0.05, 0) is 31.2 Å². The standard InChI is InChI=1S/C25H21NO4/c1-16-11-13-17(14-12-16)23(27)19(25-26-20-8-4-5-9-21(20)30-25)15-18-7-6-10-22(28-2)24(18)29-3/h4-15H,1-3H3/b19-15+. The second kappa shape index (κ2) is 8.25. The Balaban J connectivity index is 1.90. The number of allylic oxidation sites excluding steroid dienone is 1. The molecule has 0 aliphatic heterocycles. The maximum atomic E-state index is 13.5. The van der Waals surface area contributed by atoms with Crippen LogP contribution in [0.25, 0.3) is 22.7 Å². The highest BCUT2D eigenvalue weighted by Crippen LogP contribution is 2.34. The molecule has 0 saturated carbocycles. The van der Waals surface area contributed by atoms with Crippen LogP contribution in [0.4, 0.5) is 0 Å². The molecule has 5 nitrogen and oxygen atoms in total. The van der Waals surface area contributed by atoms with Crippen molar-refractivity contribution < 1.29 is 18.7 Å². The topological polar surface area (TPSA) is 61.6 Å². The van der Waals surface area contributed by atoms with Crippen molar-refractivity contribution in [2.75, 3.05) is 14.2 Å². The number of fused-ring (bicyclic) bond motifs is 1. The second-order valence-electron chi connectivity index (χ2n) is 6.82. The van der Waals surface area contributed by atoms with Crippen LogP contribution in [0.5, 0.6) is 11.5 Å². The highest BCUT2D eigenvalue weighted by molar-refractivity contribution is 6.31. The van der Waals surface area contributed by atoms with E-state index < -0.39 is 0 Å². The Kier molecular flexibility index (Phi) is 5.35. The van der Waals surface area contributed by atoms with Gasteiger partial charge in [0.1, 0.15) is 5.52 Å². The zero-order valence-electron chi connectivity index (χ0n) is 17.0. The summed E-state index contributed by atoms with van der Waals surface area (Å²) in [5.74, 6) is 1.18. The molecule has 4 aromatic rings. The summed E-state index contributed by atoms with van der Waals surface area (Å²) in [4.78, 5) is 18.0. The molecule has 0 unspecified atom stereocenters. The van der Waals surface area contributed by atoms with Crippen LogP contribution in [0.2, 0.25) is 0 Å². The van der Waals surface area contributed by atoms with Crippen molar-refractivity contribution in [1.82, 2.24) is 4.98 Å². The van der Waals surface area contributed by atoms with Gasteiger partial charge in [-0.2, -0.15) is 0 Å².